The Balaban J connectivity index is 4.43. The van der Waals surface area contributed by atoms with E-state index in [1.807, 2.05) is 33.3 Å². The van der Waals surface area contributed by atoms with Crippen LogP contribution in [-0.4, -0.2) is 70.0 Å². The molecule has 0 aliphatic rings. The zero-order chi connectivity index (χ0) is 45.7. The molecule has 0 aliphatic heterocycles. The second-order valence-corrected chi connectivity index (χ2v) is 18.5. The first-order valence-electron chi connectivity index (χ1n) is 24.3. The van der Waals surface area contributed by atoms with E-state index in [1.54, 1.807) is 0 Å². The van der Waals surface area contributed by atoms with E-state index < -0.39 is 32.5 Å². The second-order valence-electron chi connectivity index (χ2n) is 17.1. The van der Waals surface area contributed by atoms with E-state index in [0.717, 1.165) is 64.2 Å². The molecule has 10 heteroatoms. The summed E-state index contributed by atoms with van der Waals surface area (Å²) < 4.78 is 33.9. The Bertz CT molecular complexity index is 1330. The Kier molecular flexibility index (Phi) is 41.5. The molecule has 0 spiro atoms. The number of unbranched alkanes of at least 4 members (excludes halogenated alkanes) is 15. The first-order chi connectivity index (χ1) is 30.0. The number of hydrogen-bond donors (Lipinski definition) is 0. The zero-order valence-electron chi connectivity index (χ0n) is 40.0. The third kappa shape index (κ3) is 46.7. The average molecular weight is 888 g/mol. The number of rotatable bonds is 43. The molecule has 9 nitrogen and oxygen atoms in total. The number of allylic oxidation sites excluding steroid dienone is 14. The van der Waals surface area contributed by atoms with Crippen molar-refractivity contribution in [1.82, 2.24) is 0 Å². The molecule has 0 aliphatic carbocycles. The summed E-state index contributed by atoms with van der Waals surface area (Å²) >= 11 is 0. The fourth-order valence-corrected chi connectivity index (χ4v) is 6.87. The highest BCUT2D eigenvalue weighted by atomic mass is 31.2. The number of phosphoric ester groups is 1. The number of likely N-dealkylation sites (N-methyl/N-ethyl adjacent to an activating group) is 1. The number of phosphoric acid groups is 1. The van der Waals surface area contributed by atoms with E-state index in [0.29, 0.717) is 23.9 Å². The highest BCUT2D eigenvalue weighted by Crippen LogP contribution is 2.38. The van der Waals surface area contributed by atoms with Gasteiger partial charge in [0, 0.05) is 12.8 Å². The van der Waals surface area contributed by atoms with Crippen molar-refractivity contribution >= 4 is 19.8 Å². The van der Waals surface area contributed by atoms with Crippen molar-refractivity contribution in [3.8, 4) is 0 Å². The minimum Gasteiger partial charge on any atom is -0.756 e. The van der Waals surface area contributed by atoms with Gasteiger partial charge < -0.3 is 27.9 Å². The lowest BCUT2D eigenvalue weighted by Crippen LogP contribution is -2.37. The summed E-state index contributed by atoms with van der Waals surface area (Å²) in [5, 5.41) is 0. The third-order valence-electron chi connectivity index (χ3n) is 9.91. The zero-order valence-corrected chi connectivity index (χ0v) is 40.9. The van der Waals surface area contributed by atoms with Gasteiger partial charge in [-0.05, 0) is 77.0 Å². The second kappa shape index (κ2) is 43.4. The van der Waals surface area contributed by atoms with Gasteiger partial charge in [0.25, 0.3) is 7.82 Å². The Hall–Kier alpha value is -2.81. The first-order valence-corrected chi connectivity index (χ1v) is 25.8. The molecule has 356 valence electrons. The molecule has 0 heterocycles. The lowest BCUT2D eigenvalue weighted by molar-refractivity contribution is -0.870. The summed E-state index contributed by atoms with van der Waals surface area (Å²) in [5.74, 6) is -0.942. The van der Waals surface area contributed by atoms with E-state index in [-0.39, 0.29) is 26.1 Å². The van der Waals surface area contributed by atoms with E-state index in [4.69, 9.17) is 18.5 Å². The molecule has 0 radical (unpaired) electrons. The van der Waals surface area contributed by atoms with Crippen molar-refractivity contribution in [2.45, 2.75) is 187 Å². The Labute approximate surface area is 380 Å². The highest BCUT2D eigenvalue weighted by molar-refractivity contribution is 7.45. The van der Waals surface area contributed by atoms with Crippen LogP contribution >= 0.6 is 7.82 Å². The maximum Gasteiger partial charge on any atom is 0.306 e. The quantitative estimate of drug-likeness (QED) is 0.0196. The van der Waals surface area contributed by atoms with Crippen molar-refractivity contribution in [1.29, 1.82) is 0 Å². The number of esters is 2. The van der Waals surface area contributed by atoms with Crippen LogP contribution in [0.25, 0.3) is 0 Å². The van der Waals surface area contributed by atoms with Crippen molar-refractivity contribution in [2.75, 3.05) is 47.5 Å². The smallest absolute Gasteiger partial charge is 0.306 e. The molecule has 0 amide bonds. The largest absolute Gasteiger partial charge is 0.756 e. The standard InChI is InChI=1S/C52H90NO8P/c1-6-8-10-12-14-16-18-20-22-24-26-28-30-32-34-36-38-40-42-44-51(54)58-48-50(49-60-62(56,57)59-47-46-53(3,4)5)61-52(55)45-43-41-39-37-35-33-31-29-27-25-23-21-19-17-15-13-11-9-7-2/h8,10,14,16,20,22,25-28,32,34,38,40,50H,6-7,9,11-13,15,17-19,21,23-24,29-31,33,35-37,39,41-49H2,1-5H3/b10-8-,16-14-,22-20-,27-25-,28-26-,34-32-,40-38-/t50-/m1/s1. The molecule has 0 bridgehead atoms. The molecular weight excluding hydrogens is 798 g/mol. The number of ether oxygens (including phenoxy) is 2. The molecule has 0 fully saturated rings. The summed E-state index contributed by atoms with van der Waals surface area (Å²) in [5.41, 5.74) is 0. The third-order valence-corrected chi connectivity index (χ3v) is 10.9. The van der Waals surface area contributed by atoms with Gasteiger partial charge in [-0.1, -0.05) is 176 Å². The highest BCUT2D eigenvalue weighted by Gasteiger charge is 2.21. The molecule has 2 atom stereocenters. The first kappa shape index (κ1) is 59.2. The summed E-state index contributed by atoms with van der Waals surface area (Å²) in [6.45, 7) is 4.02. The van der Waals surface area contributed by atoms with Crippen molar-refractivity contribution in [3.05, 3.63) is 85.1 Å². The van der Waals surface area contributed by atoms with Gasteiger partial charge in [-0.3, -0.25) is 14.2 Å². The van der Waals surface area contributed by atoms with Crippen LogP contribution in [0.4, 0.5) is 0 Å². The number of hydrogen-bond acceptors (Lipinski definition) is 8. The van der Waals surface area contributed by atoms with Gasteiger partial charge in [0.2, 0.25) is 0 Å². The molecular formula is C52H90NO8P. The summed E-state index contributed by atoms with van der Waals surface area (Å²) in [6.07, 6.45) is 56.3. The van der Waals surface area contributed by atoms with Gasteiger partial charge >= 0.3 is 11.9 Å². The van der Waals surface area contributed by atoms with Crippen molar-refractivity contribution in [2.24, 2.45) is 0 Å². The Morgan fingerprint density at radius 1 is 0.516 bits per heavy atom. The fourth-order valence-electron chi connectivity index (χ4n) is 6.15. The van der Waals surface area contributed by atoms with Crippen molar-refractivity contribution in [3.63, 3.8) is 0 Å². The van der Waals surface area contributed by atoms with Gasteiger partial charge in [0.15, 0.2) is 6.10 Å². The number of carbonyl (C=O) groups excluding carboxylic acids is 2. The summed E-state index contributed by atoms with van der Waals surface area (Å²) in [7, 11) is 1.11. The summed E-state index contributed by atoms with van der Waals surface area (Å²) in [6, 6.07) is 0. The fraction of sp³-hybridized carbons (Fsp3) is 0.692. The lowest BCUT2D eigenvalue weighted by Gasteiger charge is -2.28. The number of quaternary nitrogens is 1. The minimum absolute atomic E-state index is 0.0469. The molecule has 0 aromatic carbocycles. The maximum atomic E-state index is 12.7. The van der Waals surface area contributed by atoms with Crippen LogP contribution in [0.15, 0.2) is 85.1 Å². The number of carbonyl (C=O) groups is 2. The molecule has 0 rings (SSSR count). The van der Waals surface area contributed by atoms with E-state index in [2.05, 4.69) is 86.8 Å². The average Bonchev–Trinajstić information content (AvgIpc) is 3.23. The molecule has 0 saturated carbocycles. The molecule has 1 unspecified atom stereocenters. The normalized spacial score (nSPS) is 14.2. The topological polar surface area (TPSA) is 111 Å². The van der Waals surface area contributed by atoms with Crippen LogP contribution in [0.1, 0.15) is 181 Å². The molecule has 0 aromatic rings. The molecule has 62 heavy (non-hydrogen) atoms. The van der Waals surface area contributed by atoms with E-state index in [1.165, 1.54) is 77.0 Å². The van der Waals surface area contributed by atoms with Crippen LogP contribution in [0.5, 0.6) is 0 Å². The predicted octanol–water partition coefficient (Wildman–Crippen LogP) is 13.7. The van der Waals surface area contributed by atoms with E-state index in [9.17, 15) is 19.0 Å². The van der Waals surface area contributed by atoms with Gasteiger partial charge in [0.1, 0.15) is 19.8 Å². The lowest BCUT2D eigenvalue weighted by atomic mass is 10.1. The predicted molar refractivity (Wildman–Crippen MR) is 259 cm³/mol. The van der Waals surface area contributed by atoms with Gasteiger partial charge in [-0.25, -0.2) is 0 Å². The Morgan fingerprint density at radius 3 is 1.44 bits per heavy atom. The Morgan fingerprint density at radius 2 is 0.952 bits per heavy atom. The van der Waals surface area contributed by atoms with Crippen LogP contribution in [0.3, 0.4) is 0 Å². The summed E-state index contributed by atoms with van der Waals surface area (Å²) in [4.78, 5) is 37.6. The van der Waals surface area contributed by atoms with Crippen LogP contribution in [0, 0.1) is 0 Å². The minimum atomic E-state index is -4.65. The van der Waals surface area contributed by atoms with Crippen LogP contribution < -0.4 is 4.89 Å². The molecule has 0 N–H and O–H groups in total. The van der Waals surface area contributed by atoms with Gasteiger partial charge in [0.05, 0.1) is 27.7 Å². The van der Waals surface area contributed by atoms with E-state index >= 15 is 0 Å². The van der Waals surface area contributed by atoms with Crippen molar-refractivity contribution < 1.29 is 42.1 Å². The maximum absolute atomic E-state index is 12.7. The van der Waals surface area contributed by atoms with Gasteiger partial charge in [-0.2, -0.15) is 0 Å². The van der Waals surface area contributed by atoms with Gasteiger partial charge in [-0.15, -0.1) is 0 Å². The van der Waals surface area contributed by atoms with Crippen LogP contribution in [0.2, 0.25) is 0 Å². The molecule has 0 aromatic heterocycles. The monoisotopic (exact) mass is 888 g/mol. The number of nitrogens with zero attached hydrogens (tertiary/aromatic N) is 1. The molecule has 0 saturated heterocycles. The van der Waals surface area contributed by atoms with Crippen LogP contribution in [-0.2, 0) is 32.7 Å². The SMILES string of the molecule is CC/C=C\C/C=C\C/C=C\C/C=C\C/C=C\C/C=C\CCC(=O)OC[C@H](COP(=O)([O-])OCC[N+](C)(C)C)OC(=O)CCCCCCCCC/C=C\CCCCCCCCCC.